The molecule has 0 spiro atoms. The van der Waals surface area contributed by atoms with Gasteiger partial charge in [0.25, 0.3) is 0 Å². The Bertz CT molecular complexity index is 485. The van der Waals surface area contributed by atoms with E-state index in [4.69, 9.17) is 4.74 Å². The third-order valence-corrected chi connectivity index (χ3v) is 2.43. The summed E-state index contributed by atoms with van der Waals surface area (Å²) in [6.45, 7) is 2.67. The number of nitrogens with zero attached hydrogens (tertiary/aromatic N) is 2. The lowest BCUT2D eigenvalue weighted by molar-refractivity contribution is 0.414. The lowest BCUT2D eigenvalue weighted by Crippen LogP contribution is -2.02. The molecule has 0 aliphatic carbocycles. The molecule has 0 aliphatic rings. The van der Waals surface area contributed by atoms with Crippen molar-refractivity contribution >= 4 is 5.69 Å². The molecule has 2 rings (SSSR count). The molecule has 0 radical (unpaired) electrons. The summed E-state index contributed by atoms with van der Waals surface area (Å²) in [6.07, 6.45) is 5.33. The van der Waals surface area contributed by atoms with Crippen LogP contribution in [-0.4, -0.2) is 17.1 Å². The van der Waals surface area contributed by atoms with E-state index in [-0.39, 0.29) is 0 Å². The van der Waals surface area contributed by atoms with Crippen LogP contribution in [0.1, 0.15) is 11.3 Å². The Balaban J connectivity index is 2.11. The maximum atomic E-state index is 5.25. The van der Waals surface area contributed by atoms with Gasteiger partial charge in [0.1, 0.15) is 0 Å². The first-order valence-corrected chi connectivity index (χ1v) is 5.43. The number of rotatable bonds is 4. The van der Waals surface area contributed by atoms with E-state index in [2.05, 4.69) is 15.3 Å². The number of aryl methyl sites for hydroxylation is 1. The third kappa shape index (κ3) is 2.93. The predicted octanol–water partition coefficient (Wildman–Crippen LogP) is 2.41. The largest absolute Gasteiger partial charge is 0.493 e. The summed E-state index contributed by atoms with van der Waals surface area (Å²) in [4.78, 5) is 8.26. The van der Waals surface area contributed by atoms with Gasteiger partial charge >= 0.3 is 0 Å². The van der Waals surface area contributed by atoms with Crippen molar-refractivity contribution in [2.75, 3.05) is 12.4 Å². The molecule has 2 aromatic heterocycles. The van der Waals surface area contributed by atoms with Crippen LogP contribution in [0.3, 0.4) is 0 Å². The standard InChI is InChI=1S/C13H15N3O/c1-10-6-12(13(17-2)9-15-10)16-8-11-4-3-5-14-7-11/h3-7,9H,8H2,1-2H3,(H,15,16). The van der Waals surface area contributed by atoms with Gasteiger partial charge in [-0.05, 0) is 24.6 Å². The fourth-order valence-electron chi connectivity index (χ4n) is 1.55. The maximum absolute atomic E-state index is 5.25. The van der Waals surface area contributed by atoms with Crippen molar-refractivity contribution in [2.45, 2.75) is 13.5 Å². The number of pyridine rings is 2. The molecular weight excluding hydrogens is 214 g/mol. The molecule has 0 aliphatic heterocycles. The second-order valence-electron chi connectivity index (χ2n) is 3.74. The summed E-state index contributed by atoms with van der Waals surface area (Å²) in [5, 5.41) is 3.32. The summed E-state index contributed by atoms with van der Waals surface area (Å²) in [7, 11) is 1.64. The molecule has 17 heavy (non-hydrogen) atoms. The highest BCUT2D eigenvalue weighted by Gasteiger charge is 2.03. The Hall–Kier alpha value is -2.10. The molecule has 0 fully saturated rings. The quantitative estimate of drug-likeness (QED) is 0.874. The van der Waals surface area contributed by atoms with Gasteiger partial charge in [0.05, 0.1) is 19.0 Å². The molecular formula is C13H15N3O. The molecule has 2 heterocycles. The van der Waals surface area contributed by atoms with E-state index >= 15 is 0 Å². The maximum Gasteiger partial charge on any atom is 0.160 e. The Morgan fingerprint density at radius 2 is 2.24 bits per heavy atom. The zero-order chi connectivity index (χ0) is 12.1. The van der Waals surface area contributed by atoms with Gasteiger partial charge in [-0.25, -0.2) is 0 Å². The first-order valence-electron chi connectivity index (χ1n) is 5.43. The Morgan fingerprint density at radius 1 is 1.35 bits per heavy atom. The lowest BCUT2D eigenvalue weighted by atomic mass is 10.2. The van der Waals surface area contributed by atoms with E-state index in [1.54, 1.807) is 19.5 Å². The molecule has 4 nitrogen and oxygen atoms in total. The molecule has 0 saturated carbocycles. The number of methoxy groups -OCH3 is 1. The highest BCUT2D eigenvalue weighted by Crippen LogP contribution is 2.23. The number of ether oxygens (including phenoxy) is 1. The monoisotopic (exact) mass is 229 g/mol. The zero-order valence-corrected chi connectivity index (χ0v) is 9.97. The molecule has 0 amide bonds. The van der Waals surface area contributed by atoms with Crippen LogP contribution in [0.5, 0.6) is 5.75 Å². The van der Waals surface area contributed by atoms with Gasteiger partial charge in [0.2, 0.25) is 0 Å². The van der Waals surface area contributed by atoms with E-state index in [9.17, 15) is 0 Å². The second kappa shape index (κ2) is 5.30. The summed E-state index contributed by atoms with van der Waals surface area (Å²) in [5.74, 6) is 0.750. The van der Waals surface area contributed by atoms with Gasteiger partial charge in [0, 0.05) is 24.6 Å². The minimum atomic E-state index is 0.716. The summed E-state index contributed by atoms with van der Waals surface area (Å²) in [6, 6.07) is 5.92. The molecule has 2 aromatic rings. The predicted molar refractivity (Wildman–Crippen MR) is 67.1 cm³/mol. The molecule has 0 bridgehead atoms. The van der Waals surface area contributed by atoms with Crippen LogP contribution in [0.25, 0.3) is 0 Å². The van der Waals surface area contributed by atoms with Crippen molar-refractivity contribution in [3.63, 3.8) is 0 Å². The number of hydrogen-bond donors (Lipinski definition) is 1. The number of hydrogen-bond acceptors (Lipinski definition) is 4. The minimum absolute atomic E-state index is 0.716. The highest BCUT2D eigenvalue weighted by atomic mass is 16.5. The lowest BCUT2D eigenvalue weighted by Gasteiger charge is -2.11. The van der Waals surface area contributed by atoms with E-state index in [1.165, 1.54) is 0 Å². The van der Waals surface area contributed by atoms with E-state index in [1.807, 2.05) is 31.3 Å². The fraction of sp³-hybridized carbons (Fsp3) is 0.231. The first kappa shape index (κ1) is 11.4. The van der Waals surface area contributed by atoms with Crippen molar-refractivity contribution in [3.05, 3.63) is 48.0 Å². The minimum Gasteiger partial charge on any atom is -0.493 e. The van der Waals surface area contributed by atoms with Crippen LogP contribution in [0.2, 0.25) is 0 Å². The fourth-order valence-corrected chi connectivity index (χ4v) is 1.55. The van der Waals surface area contributed by atoms with Crippen LogP contribution in [-0.2, 0) is 6.54 Å². The molecule has 0 saturated heterocycles. The molecule has 0 atom stereocenters. The SMILES string of the molecule is COc1cnc(C)cc1NCc1cccnc1. The van der Waals surface area contributed by atoms with Crippen molar-refractivity contribution in [2.24, 2.45) is 0 Å². The van der Waals surface area contributed by atoms with Gasteiger partial charge in [-0.2, -0.15) is 0 Å². The van der Waals surface area contributed by atoms with Gasteiger partial charge in [-0.15, -0.1) is 0 Å². The molecule has 1 N–H and O–H groups in total. The van der Waals surface area contributed by atoms with Crippen LogP contribution in [0, 0.1) is 6.92 Å². The molecule has 0 aromatic carbocycles. The number of anilines is 1. The van der Waals surface area contributed by atoms with Gasteiger partial charge < -0.3 is 10.1 Å². The highest BCUT2D eigenvalue weighted by molar-refractivity contribution is 5.56. The van der Waals surface area contributed by atoms with E-state index in [0.717, 1.165) is 22.7 Å². The Morgan fingerprint density at radius 3 is 2.94 bits per heavy atom. The molecule has 0 unspecified atom stereocenters. The van der Waals surface area contributed by atoms with Gasteiger partial charge in [-0.1, -0.05) is 6.07 Å². The van der Waals surface area contributed by atoms with Crippen molar-refractivity contribution in [3.8, 4) is 5.75 Å². The number of nitrogens with one attached hydrogen (secondary N) is 1. The topological polar surface area (TPSA) is 47.0 Å². The van der Waals surface area contributed by atoms with Crippen LogP contribution in [0.15, 0.2) is 36.8 Å². The average molecular weight is 229 g/mol. The second-order valence-corrected chi connectivity index (χ2v) is 3.74. The normalized spacial score (nSPS) is 10.0. The van der Waals surface area contributed by atoms with Gasteiger partial charge in [-0.3, -0.25) is 9.97 Å². The van der Waals surface area contributed by atoms with E-state index in [0.29, 0.717) is 6.54 Å². The van der Waals surface area contributed by atoms with Crippen LogP contribution < -0.4 is 10.1 Å². The van der Waals surface area contributed by atoms with Crippen molar-refractivity contribution < 1.29 is 4.74 Å². The van der Waals surface area contributed by atoms with Crippen molar-refractivity contribution in [1.29, 1.82) is 0 Å². The smallest absolute Gasteiger partial charge is 0.160 e. The zero-order valence-electron chi connectivity index (χ0n) is 9.97. The molecule has 4 heteroatoms. The average Bonchev–Trinajstić information content (AvgIpc) is 2.38. The molecule has 88 valence electrons. The summed E-state index contributed by atoms with van der Waals surface area (Å²) >= 11 is 0. The Labute approximate surface area is 101 Å². The van der Waals surface area contributed by atoms with Crippen LogP contribution >= 0.6 is 0 Å². The Kier molecular flexibility index (Phi) is 3.55. The summed E-state index contributed by atoms with van der Waals surface area (Å²) < 4.78 is 5.25. The summed E-state index contributed by atoms with van der Waals surface area (Å²) in [5.41, 5.74) is 3.03. The first-order chi connectivity index (χ1) is 8.29. The van der Waals surface area contributed by atoms with Crippen LogP contribution in [0.4, 0.5) is 5.69 Å². The third-order valence-electron chi connectivity index (χ3n) is 2.43. The van der Waals surface area contributed by atoms with E-state index < -0.39 is 0 Å². The van der Waals surface area contributed by atoms with Crippen molar-refractivity contribution in [1.82, 2.24) is 9.97 Å². The number of aromatic nitrogens is 2. The van der Waals surface area contributed by atoms with Gasteiger partial charge in [0.15, 0.2) is 5.75 Å².